The topological polar surface area (TPSA) is 84.9 Å². The van der Waals surface area contributed by atoms with Crippen LogP contribution in [0.4, 0.5) is 0 Å². The fourth-order valence-electron chi connectivity index (χ4n) is 2.71. The molecule has 0 bridgehead atoms. The second-order valence-electron chi connectivity index (χ2n) is 5.24. The number of aromatic nitrogens is 1. The molecule has 1 atom stereocenters. The lowest BCUT2D eigenvalue weighted by atomic mass is 9.97. The molecule has 0 fully saturated rings. The molecule has 1 unspecified atom stereocenters. The first-order valence-electron chi connectivity index (χ1n) is 6.96. The summed E-state index contributed by atoms with van der Waals surface area (Å²) in [6, 6.07) is 14.9. The largest absolute Gasteiger partial charge is 0.370 e. The summed E-state index contributed by atoms with van der Waals surface area (Å²) >= 11 is 5.95. The van der Waals surface area contributed by atoms with Gasteiger partial charge in [0.25, 0.3) is 0 Å². The third-order valence-electron chi connectivity index (χ3n) is 3.67. The van der Waals surface area contributed by atoms with Crippen LogP contribution in [0.2, 0.25) is 5.02 Å². The van der Waals surface area contributed by atoms with Crippen molar-refractivity contribution in [2.45, 2.75) is 12.5 Å². The zero-order valence-corrected chi connectivity index (χ0v) is 12.6. The number of nitrogens with two attached hydrogens (primary N) is 2. The number of aromatic amines is 1. The molecule has 2 aromatic carbocycles. The number of hydrogen-bond donors (Lipinski definition) is 3. The van der Waals surface area contributed by atoms with E-state index in [0.29, 0.717) is 5.02 Å². The molecule has 3 aromatic rings. The normalized spacial score (nSPS) is 12.5. The smallest absolute Gasteiger partial charge is 0.219 e. The van der Waals surface area contributed by atoms with Crippen molar-refractivity contribution in [1.29, 1.82) is 0 Å². The minimum atomic E-state index is -0.459. The van der Waals surface area contributed by atoms with Gasteiger partial charge in [0.2, 0.25) is 5.91 Å². The van der Waals surface area contributed by atoms with Gasteiger partial charge in [0, 0.05) is 34.0 Å². The van der Waals surface area contributed by atoms with E-state index in [2.05, 4.69) is 4.98 Å². The molecule has 4 nitrogen and oxygen atoms in total. The number of benzene rings is 2. The minimum Gasteiger partial charge on any atom is -0.370 e. The molecule has 0 saturated carbocycles. The highest BCUT2D eigenvalue weighted by Gasteiger charge is 2.20. The first-order chi connectivity index (χ1) is 10.6. The van der Waals surface area contributed by atoms with Gasteiger partial charge in [-0.3, -0.25) is 4.79 Å². The Bertz CT molecular complexity index is 824. The quantitative estimate of drug-likeness (QED) is 0.690. The van der Waals surface area contributed by atoms with Crippen LogP contribution in [0, 0.1) is 0 Å². The summed E-state index contributed by atoms with van der Waals surface area (Å²) in [6.07, 6.45) is 0.0996. The first kappa shape index (κ1) is 14.6. The van der Waals surface area contributed by atoms with Gasteiger partial charge in [0.15, 0.2) is 0 Å². The molecule has 0 aliphatic heterocycles. The molecular weight excluding hydrogens is 298 g/mol. The van der Waals surface area contributed by atoms with Crippen LogP contribution >= 0.6 is 11.6 Å². The second-order valence-corrected chi connectivity index (χ2v) is 5.68. The Morgan fingerprint density at radius 2 is 1.82 bits per heavy atom. The fraction of sp³-hybridized carbons (Fsp3) is 0.118. The maximum absolute atomic E-state index is 11.2. The van der Waals surface area contributed by atoms with E-state index in [9.17, 15) is 4.79 Å². The van der Waals surface area contributed by atoms with Crippen molar-refractivity contribution in [2.75, 3.05) is 0 Å². The fourth-order valence-corrected chi connectivity index (χ4v) is 2.84. The highest BCUT2D eigenvalue weighted by molar-refractivity contribution is 6.30. The molecule has 5 heteroatoms. The number of carbonyl (C=O) groups is 1. The van der Waals surface area contributed by atoms with Crippen LogP contribution in [0.25, 0.3) is 22.2 Å². The Balaban J connectivity index is 2.20. The number of rotatable bonds is 4. The SMILES string of the molecule is NC(=O)CC(N)c1c(-c2ccc(Cl)cc2)[nH]c2ccccc12. The monoisotopic (exact) mass is 313 g/mol. The predicted molar refractivity (Wildman–Crippen MR) is 89.5 cm³/mol. The molecule has 5 N–H and O–H groups in total. The van der Waals surface area contributed by atoms with Gasteiger partial charge in [0.1, 0.15) is 0 Å². The summed E-state index contributed by atoms with van der Waals surface area (Å²) in [6.45, 7) is 0. The Morgan fingerprint density at radius 3 is 2.50 bits per heavy atom. The Kier molecular flexibility index (Phi) is 3.88. The molecule has 0 aliphatic rings. The number of amides is 1. The highest BCUT2D eigenvalue weighted by atomic mass is 35.5. The summed E-state index contributed by atoms with van der Waals surface area (Å²) < 4.78 is 0. The van der Waals surface area contributed by atoms with E-state index in [-0.39, 0.29) is 6.42 Å². The molecule has 22 heavy (non-hydrogen) atoms. The van der Waals surface area contributed by atoms with E-state index >= 15 is 0 Å². The number of hydrogen-bond acceptors (Lipinski definition) is 2. The van der Waals surface area contributed by atoms with Crippen LogP contribution in [0.3, 0.4) is 0 Å². The number of primary amides is 1. The summed E-state index contributed by atoms with van der Waals surface area (Å²) in [5.74, 6) is -0.417. The lowest BCUT2D eigenvalue weighted by Gasteiger charge is -2.12. The van der Waals surface area contributed by atoms with Crippen molar-refractivity contribution in [2.24, 2.45) is 11.5 Å². The van der Waals surface area contributed by atoms with E-state index in [4.69, 9.17) is 23.1 Å². The third-order valence-corrected chi connectivity index (χ3v) is 3.92. The zero-order chi connectivity index (χ0) is 15.7. The highest BCUT2D eigenvalue weighted by Crippen LogP contribution is 2.35. The predicted octanol–water partition coefficient (Wildman–Crippen LogP) is 3.36. The van der Waals surface area contributed by atoms with Gasteiger partial charge in [0.05, 0.1) is 5.69 Å². The Labute approximate surface area is 133 Å². The second kappa shape index (κ2) is 5.83. The van der Waals surface area contributed by atoms with E-state index in [0.717, 1.165) is 27.7 Å². The third kappa shape index (κ3) is 2.71. The maximum atomic E-state index is 11.2. The Hall–Kier alpha value is -2.30. The van der Waals surface area contributed by atoms with Crippen molar-refractivity contribution >= 4 is 28.4 Å². The van der Waals surface area contributed by atoms with Crippen molar-refractivity contribution in [1.82, 2.24) is 4.98 Å². The van der Waals surface area contributed by atoms with Gasteiger partial charge in [-0.25, -0.2) is 0 Å². The van der Waals surface area contributed by atoms with Crippen LogP contribution in [-0.2, 0) is 4.79 Å². The first-order valence-corrected chi connectivity index (χ1v) is 7.34. The molecular formula is C17H16ClN3O. The summed E-state index contributed by atoms with van der Waals surface area (Å²) in [5.41, 5.74) is 15.3. The van der Waals surface area contributed by atoms with Gasteiger partial charge in [-0.1, -0.05) is 41.9 Å². The lowest BCUT2D eigenvalue weighted by Crippen LogP contribution is -2.21. The number of carbonyl (C=O) groups excluding carboxylic acids is 1. The van der Waals surface area contributed by atoms with Crippen LogP contribution < -0.4 is 11.5 Å². The van der Waals surface area contributed by atoms with Gasteiger partial charge in [-0.05, 0) is 23.8 Å². The summed E-state index contributed by atoms with van der Waals surface area (Å²) in [7, 11) is 0. The molecule has 1 heterocycles. The van der Waals surface area contributed by atoms with Crippen molar-refractivity contribution in [3.63, 3.8) is 0 Å². The zero-order valence-electron chi connectivity index (χ0n) is 11.8. The molecule has 1 aromatic heterocycles. The summed E-state index contributed by atoms with van der Waals surface area (Å²) in [5, 5.41) is 1.67. The molecule has 0 spiro atoms. The number of H-pyrrole nitrogens is 1. The van der Waals surface area contributed by atoms with Crippen LogP contribution in [0.15, 0.2) is 48.5 Å². The minimum absolute atomic E-state index is 0.0996. The maximum Gasteiger partial charge on any atom is 0.219 e. The van der Waals surface area contributed by atoms with E-state index in [1.54, 1.807) is 0 Å². The number of fused-ring (bicyclic) bond motifs is 1. The van der Waals surface area contributed by atoms with Crippen LogP contribution in [-0.4, -0.2) is 10.9 Å². The molecule has 0 aliphatic carbocycles. The van der Waals surface area contributed by atoms with Gasteiger partial charge in [-0.15, -0.1) is 0 Å². The standard InChI is InChI=1S/C17H16ClN3O/c18-11-7-5-10(6-8-11)17-16(13(19)9-15(20)22)12-3-1-2-4-14(12)21-17/h1-8,13,21H,9,19H2,(H2,20,22). The van der Waals surface area contributed by atoms with Gasteiger partial charge in [-0.2, -0.15) is 0 Å². The lowest BCUT2D eigenvalue weighted by molar-refractivity contribution is -0.118. The van der Waals surface area contributed by atoms with Crippen molar-refractivity contribution in [3.05, 3.63) is 59.1 Å². The van der Waals surface area contributed by atoms with Crippen molar-refractivity contribution in [3.8, 4) is 11.3 Å². The van der Waals surface area contributed by atoms with Gasteiger partial charge >= 0.3 is 0 Å². The van der Waals surface area contributed by atoms with Gasteiger partial charge < -0.3 is 16.5 Å². The van der Waals surface area contributed by atoms with Crippen LogP contribution in [0.1, 0.15) is 18.0 Å². The van der Waals surface area contributed by atoms with E-state index in [1.165, 1.54) is 0 Å². The molecule has 0 radical (unpaired) electrons. The molecule has 1 amide bonds. The van der Waals surface area contributed by atoms with E-state index in [1.807, 2.05) is 48.5 Å². The van der Waals surface area contributed by atoms with Crippen LogP contribution in [0.5, 0.6) is 0 Å². The summed E-state index contributed by atoms with van der Waals surface area (Å²) in [4.78, 5) is 14.6. The average molecular weight is 314 g/mol. The molecule has 0 saturated heterocycles. The number of para-hydroxylation sites is 1. The number of halogens is 1. The average Bonchev–Trinajstić information content (AvgIpc) is 2.86. The van der Waals surface area contributed by atoms with Crippen molar-refractivity contribution < 1.29 is 4.79 Å². The molecule has 112 valence electrons. The number of nitrogens with one attached hydrogen (secondary N) is 1. The van der Waals surface area contributed by atoms with E-state index < -0.39 is 11.9 Å². The Morgan fingerprint density at radius 1 is 1.14 bits per heavy atom. The molecule has 3 rings (SSSR count).